The molecule has 2 heterocycles. The van der Waals surface area contributed by atoms with E-state index in [1.165, 1.54) is 0 Å². The Hall–Kier alpha value is -4.07. The number of carbonyl (C=O) groups excluding carboxylic acids is 1. The van der Waals surface area contributed by atoms with Crippen molar-refractivity contribution >= 4 is 11.6 Å². The summed E-state index contributed by atoms with van der Waals surface area (Å²) in [7, 11) is 3.19. The number of hydrogen-bond acceptors (Lipinski definition) is 5. The van der Waals surface area contributed by atoms with Crippen LogP contribution in [-0.4, -0.2) is 39.7 Å². The van der Waals surface area contributed by atoms with Gasteiger partial charge in [0.1, 0.15) is 11.5 Å². The third kappa shape index (κ3) is 3.88. The first-order valence-electron chi connectivity index (χ1n) is 9.33. The molecule has 4 rings (SSSR count). The number of ether oxygens (including phenoxy) is 2. The second-order valence-electron chi connectivity index (χ2n) is 6.51. The summed E-state index contributed by atoms with van der Waals surface area (Å²) in [5.41, 5.74) is 1.78. The molecule has 8 heteroatoms. The number of hydrogen-bond donors (Lipinski definition) is 1. The number of nitrogens with zero attached hydrogens (tertiary/aromatic N) is 4. The zero-order chi connectivity index (χ0) is 20.9. The minimum absolute atomic E-state index is 0.214. The van der Waals surface area contributed by atoms with E-state index >= 15 is 0 Å². The summed E-state index contributed by atoms with van der Waals surface area (Å²) in [5, 5.41) is 11.3. The molecule has 0 aliphatic carbocycles. The highest BCUT2D eigenvalue weighted by atomic mass is 16.5. The summed E-state index contributed by atoms with van der Waals surface area (Å²) in [4.78, 5) is 13.0. The fourth-order valence-electron chi connectivity index (χ4n) is 3.13. The van der Waals surface area contributed by atoms with E-state index in [0.29, 0.717) is 23.8 Å². The fraction of sp³-hybridized carbons (Fsp3) is 0.136. The Bertz CT molecular complexity index is 1130. The number of amides is 1. The molecule has 0 saturated heterocycles. The lowest BCUT2D eigenvalue weighted by Gasteiger charge is -2.11. The van der Waals surface area contributed by atoms with Gasteiger partial charge in [-0.15, -0.1) is 5.10 Å². The number of aromatic nitrogens is 4. The van der Waals surface area contributed by atoms with Gasteiger partial charge in [-0.05, 0) is 42.0 Å². The van der Waals surface area contributed by atoms with Gasteiger partial charge < -0.3 is 19.4 Å². The van der Waals surface area contributed by atoms with Crippen molar-refractivity contribution in [2.24, 2.45) is 0 Å². The van der Waals surface area contributed by atoms with E-state index in [-0.39, 0.29) is 11.6 Å². The van der Waals surface area contributed by atoms with Gasteiger partial charge in [0, 0.05) is 12.4 Å². The summed E-state index contributed by atoms with van der Waals surface area (Å²) in [6, 6.07) is 18.7. The average Bonchev–Trinajstić information content (AvgIpc) is 3.44. The third-order valence-corrected chi connectivity index (χ3v) is 4.62. The van der Waals surface area contributed by atoms with Crippen molar-refractivity contribution in [1.82, 2.24) is 19.6 Å². The number of benzene rings is 2. The number of nitrogens with one attached hydrogen (secondary N) is 1. The molecular weight excluding hydrogens is 382 g/mol. The first kappa shape index (κ1) is 19.3. The minimum atomic E-state index is -0.371. The van der Waals surface area contributed by atoms with Crippen LogP contribution in [0.2, 0.25) is 0 Å². The first-order valence-corrected chi connectivity index (χ1v) is 9.33. The van der Waals surface area contributed by atoms with Crippen LogP contribution in [0, 0.1) is 0 Å². The summed E-state index contributed by atoms with van der Waals surface area (Å²) < 4.78 is 14.0. The van der Waals surface area contributed by atoms with Gasteiger partial charge in [-0.25, -0.2) is 4.68 Å². The van der Waals surface area contributed by atoms with Gasteiger partial charge in [-0.2, -0.15) is 0 Å². The van der Waals surface area contributed by atoms with Gasteiger partial charge in [0.15, 0.2) is 11.5 Å². The van der Waals surface area contributed by atoms with Crippen LogP contribution in [0.3, 0.4) is 0 Å². The third-order valence-electron chi connectivity index (χ3n) is 4.62. The maximum Gasteiger partial charge on any atom is 0.280 e. The molecule has 0 saturated carbocycles. The van der Waals surface area contributed by atoms with Crippen LogP contribution in [0.25, 0.3) is 5.82 Å². The number of para-hydroxylation sites is 2. The molecule has 152 valence electrons. The lowest BCUT2D eigenvalue weighted by atomic mass is 10.2. The molecule has 0 atom stereocenters. The quantitative estimate of drug-likeness (QED) is 0.511. The SMILES string of the molecule is COc1ccc(Cn2nnc(C(=O)Nc3ccccc3OC)c2-n2cccc2)cc1. The molecule has 1 amide bonds. The zero-order valence-electron chi connectivity index (χ0n) is 16.6. The highest BCUT2D eigenvalue weighted by Gasteiger charge is 2.22. The van der Waals surface area contributed by atoms with Crippen molar-refractivity contribution in [1.29, 1.82) is 0 Å². The molecule has 0 fully saturated rings. The van der Waals surface area contributed by atoms with Gasteiger partial charge in [0.25, 0.3) is 5.91 Å². The minimum Gasteiger partial charge on any atom is -0.497 e. The van der Waals surface area contributed by atoms with E-state index in [2.05, 4.69) is 15.6 Å². The molecule has 4 aromatic rings. The second-order valence-corrected chi connectivity index (χ2v) is 6.51. The van der Waals surface area contributed by atoms with Crippen LogP contribution in [0.5, 0.6) is 11.5 Å². The molecule has 0 radical (unpaired) electrons. The predicted molar refractivity (Wildman–Crippen MR) is 112 cm³/mol. The monoisotopic (exact) mass is 403 g/mol. The standard InChI is InChI=1S/C22H21N5O3/c1-29-17-11-9-16(10-12-17)15-27-22(26-13-5-6-14-26)20(24-25-27)21(28)23-18-7-3-4-8-19(18)30-2/h3-14H,15H2,1-2H3,(H,23,28). The second kappa shape index (κ2) is 8.52. The lowest BCUT2D eigenvalue weighted by Crippen LogP contribution is -2.17. The number of carbonyl (C=O) groups is 1. The Labute approximate surface area is 173 Å². The highest BCUT2D eigenvalue weighted by Crippen LogP contribution is 2.24. The molecule has 0 spiro atoms. The molecule has 8 nitrogen and oxygen atoms in total. The van der Waals surface area contributed by atoms with Crippen LogP contribution in [-0.2, 0) is 6.54 Å². The average molecular weight is 403 g/mol. The van der Waals surface area contributed by atoms with Gasteiger partial charge in [0.05, 0.1) is 26.5 Å². The van der Waals surface area contributed by atoms with Crippen LogP contribution < -0.4 is 14.8 Å². The Balaban J connectivity index is 1.67. The fourth-order valence-corrected chi connectivity index (χ4v) is 3.13. The summed E-state index contributed by atoms with van der Waals surface area (Å²) in [6.45, 7) is 0.451. The molecule has 1 N–H and O–H groups in total. The molecule has 2 aromatic heterocycles. The smallest absolute Gasteiger partial charge is 0.280 e. The molecule has 0 aliphatic rings. The Kier molecular flexibility index (Phi) is 5.47. The first-order chi connectivity index (χ1) is 14.7. The molecule has 0 unspecified atom stereocenters. The van der Waals surface area contributed by atoms with Crippen LogP contribution >= 0.6 is 0 Å². The van der Waals surface area contributed by atoms with Crippen molar-refractivity contribution in [3.8, 4) is 17.3 Å². The molecule has 30 heavy (non-hydrogen) atoms. The topological polar surface area (TPSA) is 83.2 Å². The number of rotatable bonds is 7. The van der Waals surface area contributed by atoms with Crippen LogP contribution in [0.15, 0.2) is 73.1 Å². The maximum absolute atomic E-state index is 13.0. The maximum atomic E-state index is 13.0. The molecule has 0 aliphatic heterocycles. The molecule has 0 bridgehead atoms. The molecule has 2 aromatic carbocycles. The van der Waals surface area contributed by atoms with Gasteiger partial charge in [0.2, 0.25) is 0 Å². The van der Waals surface area contributed by atoms with E-state index in [9.17, 15) is 4.79 Å². The van der Waals surface area contributed by atoms with E-state index in [1.807, 2.05) is 65.5 Å². The van der Waals surface area contributed by atoms with E-state index in [1.54, 1.807) is 31.0 Å². The summed E-state index contributed by atoms with van der Waals surface area (Å²) >= 11 is 0. The van der Waals surface area contributed by atoms with E-state index < -0.39 is 0 Å². The molecular formula is C22H21N5O3. The van der Waals surface area contributed by atoms with Crippen molar-refractivity contribution in [2.75, 3.05) is 19.5 Å². The Morgan fingerprint density at radius 2 is 1.70 bits per heavy atom. The van der Waals surface area contributed by atoms with E-state index in [0.717, 1.165) is 11.3 Å². The van der Waals surface area contributed by atoms with Gasteiger partial charge in [-0.1, -0.05) is 29.5 Å². The highest BCUT2D eigenvalue weighted by molar-refractivity contribution is 6.05. The van der Waals surface area contributed by atoms with Gasteiger partial charge >= 0.3 is 0 Å². The normalized spacial score (nSPS) is 10.6. The number of anilines is 1. The van der Waals surface area contributed by atoms with Crippen molar-refractivity contribution < 1.29 is 14.3 Å². The van der Waals surface area contributed by atoms with Crippen LogP contribution in [0.1, 0.15) is 16.1 Å². The Morgan fingerprint density at radius 3 is 2.40 bits per heavy atom. The predicted octanol–water partition coefficient (Wildman–Crippen LogP) is 3.39. The summed E-state index contributed by atoms with van der Waals surface area (Å²) in [6.07, 6.45) is 3.70. The van der Waals surface area contributed by atoms with Crippen LogP contribution in [0.4, 0.5) is 5.69 Å². The largest absolute Gasteiger partial charge is 0.497 e. The number of methoxy groups -OCH3 is 2. The van der Waals surface area contributed by atoms with Crippen molar-refractivity contribution in [3.05, 3.63) is 84.3 Å². The zero-order valence-corrected chi connectivity index (χ0v) is 16.6. The summed E-state index contributed by atoms with van der Waals surface area (Å²) in [5.74, 6) is 1.55. The van der Waals surface area contributed by atoms with Crippen molar-refractivity contribution in [2.45, 2.75) is 6.54 Å². The Morgan fingerprint density at radius 1 is 0.967 bits per heavy atom. The van der Waals surface area contributed by atoms with E-state index in [4.69, 9.17) is 9.47 Å². The lowest BCUT2D eigenvalue weighted by molar-refractivity contribution is 0.102. The van der Waals surface area contributed by atoms with Gasteiger partial charge in [-0.3, -0.25) is 4.79 Å². The van der Waals surface area contributed by atoms with Crippen molar-refractivity contribution in [3.63, 3.8) is 0 Å².